The van der Waals surface area contributed by atoms with E-state index in [4.69, 9.17) is 4.74 Å². The fourth-order valence-electron chi connectivity index (χ4n) is 4.04. The number of esters is 1. The van der Waals surface area contributed by atoms with Crippen molar-refractivity contribution in [2.45, 2.75) is 45.6 Å². The van der Waals surface area contributed by atoms with Crippen molar-refractivity contribution in [3.63, 3.8) is 0 Å². The summed E-state index contributed by atoms with van der Waals surface area (Å²) in [5.41, 5.74) is 2.08. The summed E-state index contributed by atoms with van der Waals surface area (Å²) in [5, 5.41) is 10.4. The number of rotatable bonds is 3. The molecule has 2 aromatic rings. The second-order valence-corrected chi connectivity index (χ2v) is 7.68. The molecule has 0 aromatic carbocycles. The first-order valence-electron chi connectivity index (χ1n) is 9.31. The zero-order valence-electron chi connectivity index (χ0n) is 15.5. The standard InChI is InChI=1S/C20H22N4O3/c1-12(27-13(2)25)16-9-14-17(11-22-16)23-19(26)15(10-21)18(14)24-7-5-20(3-4-20)6-8-24/h9,11-12H,3-8H2,1-2H3,(H,23,26). The number of nitrogens with one attached hydrogen (secondary N) is 1. The largest absolute Gasteiger partial charge is 0.456 e. The Balaban J connectivity index is 1.82. The number of hydrogen-bond donors (Lipinski definition) is 1. The molecular weight excluding hydrogens is 344 g/mol. The lowest BCUT2D eigenvalue weighted by Crippen LogP contribution is -2.36. The van der Waals surface area contributed by atoms with Crippen LogP contribution < -0.4 is 10.5 Å². The van der Waals surface area contributed by atoms with Crippen LogP contribution in [0.1, 0.15) is 56.9 Å². The van der Waals surface area contributed by atoms with Gasteiger partial charge in [0.1, 0.15) is 17.7 Å². The molecule has 140 valence electrons. The fourth-order valence-corrected chi connectivity index (χ4v) is 4.04. The Morgan fingerprint density at radius 3 is 2.67 bits per heavy atom. The van der Waals surface area contributed by atoms with Crippen LogP contribution in [0.5, 0.6) is 0 Å². The number of carbonyl (C=O) groups is 1. The molecule has 7 nitrogen and oxygen atoms in total. The first-order valence-corrected chi connectivity index (χ1v) is 9.31. The van der Waals surface area contributed by atoms with E-state index in [-0.39, 0.29) is 11.5 Å². The molecule has 2 fully saturated rings. The highest BCUT2D eigenvalue weighted by Crippen LogP contribution is 2.54. The van der Waals surface area contributed by atoms with Crippen LogP contribution in [0, 0.1) is 16.7 Å². The number of ether oxygens (including phenoxy) is 1. The predicted octanol–water partition coefficient (Wildman–Crippen LogP) is 2.80. The highest BCUT2D eigenvalue weighted by molar-refractivity contribution is 5.94. The molecular formula is C20H22N4O3. The number of H-pyrrole nitrogens is 1. The molecule has 4 rings (SSSR count). The Hall–Kier alpha value is -2.88. The molecule has 0 radical (unpaired) electrons. The van der Waals surface area contributed by atoms with Gasteiger partial charge in [-0.05, 0) is 44.1 Å². The quantitative estimate of drug-likeness (QED) is 0.839. The van der Waals surface area contributed by atoms with Crippen molar-refractivity contribution < 1.29 is 9.53 Å². The maximum Gasteiger partial charge on any atom is 0.303 e. The third kappa shape index (κ3) is 3.16. The van der Waals surface area contributed by atoms with Crippen molar-refractivity contribution in [2.75, 3.05) is 18.0 Å². The number of nitriles is 1. The lowest BCUT2D eigenvalue weighted by molar-refractivity contribution is -0.145. The summed E-state index contributed by atoms with van der Waals surface area (Å²) in [4.78, 5) is 32.9. The Bertz CT molecular complexity index is 1010. The first-order chi connectivity index (χ1) is 12.9. The lowest BCUT2D eigenvalue weighted by atomic mass is 9.92. The van der Waals surface area contributed by atoms with Crippen LogP contribution in [-0.4, -0.2) is 29.0 Å². The summed E-state index contributed by atoms with van der Waals surface area (Å²) in [7, 11) is 0. The van der Waals surface area contributed by atoms with Crippen LogP contribution in [-0.2, 0) is 9.53 Å². The number of nitrogens with zero attached hydrogens (tertiary/aromatic N) is 3. The Morgan fingerprint density at radius 2 is 2.07 bits per heavy atom. The number of fused-ring (bicyclic) bond motifs is 1. The Kier molecular flexibility index (Phi) is 4.14. The third-order valence-corrected chi connectivity index (χ3v) is 5.86. The lowest BCUT2D eigenvalue weighted by Gasteiger charge is -2.34. The third-order valence-electron chi connectivity index (χ3n) is 5.86. The van der Waals surface area contributed by atoms with Crippen LogP contribution in [0.15, 0.2) is 17.1 Å². The van der Waals surface area contributed by atoms with Crippen LogP contribution in [0.25, 0.3) is 10.9 Å². The molecule has 27 heavy (non-hydrogen) atoms. The molecule has 1 saturated carbocycles. The first kappa shape index (κ1) is 17.5. The molecule has 3 heterocycles. The van der Waals surface area contributed by atoms with Gasteiger partial charge in [0.2, 0.25) is 0 Å². The van der Waals surface area contributed by atoms with Crippen molar-refractivity contribution in [3.05, 3.63) is 33.9 Å². The minimum Gasteiger partial charge on any atom is -0.456 e. The molecule has 1 N–H and O–H groups in total. The molecule has 2 aromatic heterocycles. The van der Waals surface area contributed by atoms with E-state index in [2.05, 4.69) is 20.9 Å². The molecule has 0 bridgehead atoms. The maximum absolute atomic E-state index is 12.4. The van der Waals surface area contributed by atoms with E-state index in [1.54, 1.807) is 13.1 Å². The van der Waals surface area contributed by atoms with Gasteiger partial charge in [-0.2, -0.15) is 5.26 Å². The Morgan fingerprint density at radius 1 is 1.37 bits per heavy atom. The summed E-state index contributed by atoms with van der Waals surface area (Å²) in [6.07, 6.45) is 5.82. The topological polar surface area (TPSA) is 99.1 Å². The number of piperidine rings is 1. The average molecular weight is 366 g/mol. The molecule has 7 heteroatoms. The zero-order chi connectivity index (χ0) is 19.2. The van der Waals surface area contributed by atoms with Crippen molar-refractivity contribution in [2.24, 2.45) is 5.41 Å². The van der Waals surface area contributed by atoms with Crippen molar-refractivity contribution >= 4 is 22.6 Å². The highest BCUT2D eigenvalue weighted by Gasteiger charge is 2.44. The van der Waals surface area contributed by atoms with Crippen LogP contribution in [0.3, 0.4) is 0 Å². The van der Waals surface area contributed by atoms with E-state index in [0.29, 0.717) is 22.3 Å². The summed E-state index contributed by atoms with van der Waals surface area (Å²) < 4.78 is 5.23. The van der Waals surface area contributed by atoms with Gasteiger partial charge in [-0.25, -0.2) is 0 Å². The van der Waals surface area contributed by atoms with Gasteiger partial charge in [0.05, 0.1) is 23.1 Å². The minimum absolute atomic E-state index is 0.131. The minimum atomic E-state index is -0.506. The summed E-state index contributed by atoms with van der Waals surface area (Å²) in [6, 6.07) is 3.90. The monoisotopic (exact) mass is 366 g/mol. The normalized spacial score (nSPS) is 18.9. The van der Waals surface area contributed by atoms with Crippen molar-refractivity contribution in [1.82, 2.24) is 9.97 Å². The van der Waals surface area contributed by atoms with E-state index in [9.17, 15) is 14.9 Å². The number of aromatic nitrogens is 2. The summed E-state index contributed by atoms with van der Waals surface area (Å²) >= 11 is 0. The van der Waals surface area contributed by atoms with E-state index in [1.807, 2.05) is 6.07 Å². The van der Waals surface area contributed by atoms with Crippen molar-refractivity contribution in [3.8, 4) is 6.07 Å². The molecule has 1 aliphatic carbocycles. The summed E-state index contributed by atoms with van der Waals surface area (Å²) in [5.74, 6) is -0.380. The van der Waals surface area contributed by atoms with Crippen LogP contribution in [0.4, 0.5) is 5.69 Å². The second kappa shape index (κ2) is 6.38. The number of hydrogen-bond acceptors (Lipinski definition) is 6. The van der Waals surface area contributed by atoms with Gasteiger partial charge < -0.3 is 14.6 Å². The fraction of sp³-hybridized carbons (Fsp3) is 0.500. The molecule has 1 unspecified atom stereocenters. The smallest absolute Gasteiger partial charge is 0.303 e. The molecule has 1 atom stereocenters. The molecule has 1 spiro atoms. The second-order valence-electron chi connectivity index (χ2n) is 7.68. The zero-order valence-corrected chi connectivity index (χ0v) is 15.5. The molecule has 1 aliphatic heterocycles. The van der Waals surface area contributed by atoms with Gasteiger partial charge in [-0.15, -0.1) is 0 Å². The van der Waals surface area contributed by atoms with Crippen LogP contribution in [0.2, 0.25) is 0 Å². The van der Waals surface area contributed by atoms with E-state index in [0.717, 1.165) is 31.3 Å². The van der Waals surface area contributed by atoms with Gasteiger partial charge >= 0.3 is 5.97 Å². The average Bonchev–Trinajstić information content (AvgIpc) is 3.39. The molecule has 2 aliphatic rings. The SMILES string of the molecule is CC(=O)OC(C)c1cc2c(N3CCC4(CC3)CC4)c(C#N)c(=O)[nH]c2cn1. The van der Waals surface area contributed by atoms with Gasteiger partial charge in [0.25, 0.3) is 5.56 Å². The predicted molar refractivity (Wildman–Crippen MR) is 100 cm³/mol. The van der Waals surface area contributed by atoms with E-state index < -0.39 is 11.7 Å². The number of aromatic amines is 1. The summed E-state index contributed by atoms with van der Waals surface area (Å²) in [6.45, 7) is 4.79. The number of carbonyl (C=O) groups excluding carboxylic acids is 1. The molecule has 0 amide bonds. The van der Waals surface area contributed by atoms with Crippen LogP contribution >= 0.6 is 0 Å². The van der Waals surface area contributed by atoms with E-state index in [1.165, 1.54) is 19.8 Å². The van der Waals surface area contributed by atoms with Gasteiger partial charge in [-0.3, -0.25) is 14.6 Å². The van der Waals surface area contributed by atoms with Gasteiger partial charge in [0, 0.05) is 25.4 Å². The maximum atomic E-state index is 12.4. The van der Waals surface area contributed by atoms with Gasteiger partial charge in [0.15, 0.2) is 0 Å². The van der Waals surface area contributed by atoms with E-state index >= 15 is 0 Å². The number of pyridine rings is 2. The highest BCUT2D eigenvalue weighted by atomic mass is 16.5. The number of anilines is 1. The Labute approximate surface area is 157 Å². The van der Waals surface area contributed by atoms with Crippen molar-refractivity contribution in [1.29, 1.82) is 5.26 Å². The van der Waals surface area contributed by atoms with Gasteiger partial charge in [-0.1, -0.05) is 0 Å². The molecule has 1 saturated heterocycles.